The van der Waals surface area contributed by atoms with Crippen LogP contribution in [0.5, 0.6) is 0 Å². The number of rotatable bonds is 3. The molecule has 0 amide bonds. The Hall–Kier alpha value is -1.42. The molecule has 14 heavy (non-hydrogen) atoms. The first-order valence-electron chi connectivity index (χ1n) is 4.51. The average Bonchev–Trinajstić information content (AvgIpc) is 2.15. The zero-order valence-corrected chi connectivity index (χ0v) is 8.36. The van der Waals surface area contributed by atoms with Gasteiger partial charge in [-0.25, -0.2) is 0 Å². The quantitative estimate of drug-likeness (QED) is 0.590. The van der Waals surface area contributed by atoms with Gasteiger partial charge in [0, 0.05) is 11.6 Å². The van der Waals surface area contributed by atoms with Crippen molar-refractivity contribution in [1.82, 2.24) is 0 Å². The van der Waals surface area contributed by atoms with Crippen LogP contribution in [0.25, 0.3) is 0 Å². The zero-order chi connectivity index (χ0) is 10.7. The Balaban J connectivity index is 3.06. The first-order valence-corrected chi connectivity index (χ1v) is 4.51. The van der Waals surface area contributed by atoms with E-state index in [1.54, 1.807) is 13.0 Å². The fourth-order valence-electron chi connectivity index (χ4n) is 1.33. The monoisotopic (exact) mass is 194 g/mol. The zero-order valence-electron chi connectivity index (χ0n) is 8.36. The van der Waals surface area contributed by atoms with Gasteiger partial charge >= 0.3 is 0 Å². The number of nitrogens with two attached hydrogens (primary N) is 1. The molecule has 0 fully saturated rings. The largest absolute Gasteiger partial charge is 0.330 e. The Bertz CT molecular complexity index is 350. The van der Waals surface area contributed by atoms with Crippen LogP contribution in [0.1, 0.15) is 24.0 Å². The van der Waals surface area contributed by atoms with E-state index in [4.69, 9.17) is 5.73 Å². The van der Waals surface area contributed by atoms with E-state index in [9.17, 15) is 10.1 Å². The van der Waals surface area contributed by atoms with Gasteiger partial charge in [-0.3, -0.25) is 10.1 Å². The summed E-state index contributed by atoms with van der Waals surface area (Å²) in [6.07, 6.45) is 0. The Morgan fingerprint density at radius 3 is 2.64 bits per heavy atom. The molecule has 1 aromatic carbocycles. The predicted molar refractivity (Wildman–Crippen MR) is 55.3 cm³/mol. The lowest BCUT2D eigenvalue weighted by Crippen LogP contribution is -2.09. The van der Waals surface area contributed by atoms with Gasteiger partial charge in [-0.15, -0.1) is 0 Å². The van der Waals surface area contributed by atoms with E-state index in [-0.39, 0.29) is 16.5 Å². The maximum atomic E-state index is 10.6. The van der Waals surface area contributed by atoms with Gasteiger partial charge in [0.05, 0.1) is 4.92 Å². The molecule has 1 aromatic rings. The molecule has 76 valence electrons. The predicted octanol–water partition coefficient (Wildman–Crippen LogP) is 1.97. The normalized spacial score (nSPS) is 12.5. The highest BCUT2D eigenvalue weighted by Crippen LogP contribution is 2.22. The summed E-state index contributed by atoms with van der Waals surface area (Å²) >= 11 is 0. The first kappa shape index (κ1) is 10.7. The van der Waals surface area contributed by atoms with Crippen LogP contribution in [-0.2, 0) is 0 Å². The Labute approximate surface area is 82.9 Å². The van der Waals surface area contributed by atoms with Crippen molar-refractivity contribution < 1.29 is 4.92 Å². The van der Waals surface area contributed by atoms with E-state index in [1.807, 2.05) is 13.0 Å². The van der Waals surface area contributed by atoms with Gasteiger partial charge in [0.15, 0.2) is 0 Å². The highest BCUT2D eigenvalue weighted by Gasteiger charge is 2.12. The fourth-order valence-corrected chi connectivity index (χ4v) is 1.33. The lowest BCUT2D eigenvalue weighted by molar-refractivity contribution is -0.385. The van der Waals surface area contributed by atoms with Gasteiger partial charge in [0.1, 0.15) is 0 Å². The highest BCUT2D eigenvalue weighted by molar-refractivity contribution is 5.42. The van der Waals surface area contributed by atoms with E-state index in [0.717, 1.165) is 5.56 Å². The molecule has 4 nitrogen and oxygen atoms in total. The van der Waals surface area contributed by atoms with Crippen LogP contribution >= 0.6 is 0 Å². The van der Waals surface area contributed by atoms with Crippen LogP contribution < -0.4 is 5.73 Å². The molecular weight excluding hydrogens is 180 g/mol. The molecule has 0 aromatic heterocycles. The molecule has 0 saturated carbocycles. The summed E-state index contributed by atoms with van der Waals surface area (Å²) in [6, 6.07) is 5.13. The molecule has 0 aliphatic rings. The summed E-state index contributed by atoms with van der Waals surface area (Å²) in [6.45, 7) is 4.29. The SMILES string of the molecule is Cc1cc(C(C)CN)ccc1[N+](=O)[O-]. The number of nitro groups is 1. The van der Waals surface area contributed by atoms with Crippen molar-refractivity contribution in [2.75, 3.05) is 6.54 Å². The van der Waals surface area contributed by atoms with Gasteiger partial charge in [0.2, 0.25) is 0 Å². The number of nitro benzene ring substituents is 1. The molecule has 1 atom stereocenters. The summed E-state index contributed by atoms with van der Waals surface area (Å²) in [5, 5.41) is 10.6. The molecular formula is C10H14N2O2. The molecule has 2 N–H and O–H groups in total. The van der Waals surface area contributed by atoms with Crippen molar-refractivity contribution in [3.05, 3.63) is 39.4 Å². The van der Waals surface area contributed by atoms with Crippen LogP contribution in [0.4, 0.5) is 5.69 Å². The van der Waals surface area contributed by atoms with Gasteiger partial charge in [-0.2, -0.15) is 0 Å². The minimum atomic E-state index is -0.369. The molecule has 0 heterocycles. The highest BCUT2D eigenvalue weighted by atomic mass is 16.6. The van der Waals surface area contributed by atoms with Crippen LogP contribution in [0, 0.1) is 17.0 Å². The van der Waals surface area contributed by atoms with Crippen molar-refractivity contribution in [2.24, 2.45) is 5.73 Å². The summed E-state index contributed by atoms with van der Waals surface area (Å²) < 4.78 is 0. The van der Waals surface area contributed by atoms with Crippen molar-refractivity contribution in [3.8, 4) is 0 Å². The summed E-state index contributed by atoms with van der Waals surface area (Å²) in [5.74, 6) is 0.245. The van der Waals surface area contributed by atoms with E-state index >= 15 is 0 Å². The first-order chi connectivity index (χ1) is 6.56. The molecule has 0 aliphatic carbocycles. The molecule has 0 bridgehead atoms. The summed E-state index contributed by atoms with van der Waals surface area (Å²) in [4.78, 5) is 10.2. The maximum Gasteiger partial charge on any atom is 0.272 e. The second kappa shape index (κ2) is 4.19. The Morgan fingerprint density at radius 1 is 1.57 bits per heavy atom. The van der Waals surface area contributed by atoms with Crippen LogP contribution in [0.3, 0.4) is 0 Å². The fraction of sp³-hybridized carbons (Fsp3) is 0.400. The smallest absolute Gasteiger partial charge is 0.272 e. The van der Waals surface area contributed by atoms with E-state index in [0.29, 0.717) is 12.1 Å². The van der Waals surface area contributed by atoms with Crippen molar-refractivity contribution in [1.29, 1.82) is 0 Å². The standard InChI is InChI=1S/C10H14N2O2/c1-7-5-9(8(2)6-11)3-4-10(7)12(13)14/h3-5,8H,6,11H2,1-2H3. The van der Waals surface area contributed by atoms with Crippen LogP contribution in [-0.4, -0.2) is 11.5 Å². The number of hydrogen-bond acceptors (Lipinski definition) is 3. The third-order valence-corrected chi connectivity index (χ3v) is 2.34. The molecule has 4 heteroatoms. The number of aryl methyl sites for hydroxylation is 1. The minimum absolute atomic E-state index is 0.165. The summed E-state index contributed by atoms with van der Waals surface area (Å²) in [7, 11) is 0. The number of nitrogens with zero attached hydrogens (tertiary/aromatic N) is 1. The number of benzene rings is 1. The summed E-state index contributed by atoms with van der Waals surface area (Å²) in [5.41, 5.74) is 7.42. The van der Waals surface area contributed by atoms with Crippen molar-refractivity contribution in [3.63, 3.8) is 0 Å². The average molecular weight is 194 g/mol. The van der Waals surface area contributed by atoms with Crippen LogP contribution in [0.2, 0.25) is 0 Å². The number of hydrogen-bond donors (Lipinski definition) is 1. The van der Waals surface area contributed by atoms with Gasteiger partial charge in [0.25, 0.3) is 5.69 Å². The second-order valence-electron chi connectivity index (χ2n) is 3.44. The minimum Gasteiger partial charge on any atom is -0.330 e. The molecule has 0 saturated heterocycles. The third kappa shape index (κ3) is 2.09. The maximum absolute atomic E-state index is 10.6. The van der Waals surface area contributed by atoms with E-state index in [1.165, 1.54) is 6.07 Å². The lowest BCUT2D eigenvalue weighted by Gasteiger charge is -2.09. The van der Waals surface area contributed by atoms with Crippen LogP contribution in [0.15, 0.2) is 18.2 Å². The van der Waals surface area contributed by atoms with Gasteiger partial charge in [-0.05, 0) is 31.0 Å². The molecule has 1 unspecified atom stereocenters. The van der Waals surface area contributed by atoms with Crippen molar-refractivity contribution >= 4 is 5.69 Å². The molecule has 0 aliphatic heterocycles. The van der Waals surface area contributed by atoms with E-state index in [2.05, 4.69) is 0 Å². The third-order valence-electron chi connectivity index (χ3n) is 2.34. The molecule has 0 spiro atoms. The lowest BCUT2D eigenvalue weighted by atomic mass is 9.99. The molecule has 1 rings (SSSR count). The Morgan fingerprint density at radius 2 is 2.21 bits per heavy atom. The van der Waals surface area contributed by atoms with Crippen molar-refractivity contribution in [2.45, 2.75) is 19.8 Å². The molecule has 0 radical (unpaired) electrons. The van der Waals surface area contributed by atoms with E-state index < -0.39 is 0 Å². The second-order valence-corrected chi connectivity index (χ2v) is 3.44. The topological polar surface area (TPSA) is 69.2 Å². The van der Waals surface area contributed by atoms with Gasteiger partial charge in [-0.1, -0.05) is 13.0 Å². The van der Waals surface area contributed by atoms with Gasteiger partial charge < -0.3 is 5.73 Å². The Kier molecular flexibility index (Phi) is 3.19.